The van der Waals surface area contributed by atoms with Crippen LogP contribution in [0.25, 0.3) is 21.5 Å². The first-order valence-corrected chi connectivity index (χ1v) is 6.84. The number of hydrogen-bond acceptors (Lipinski definition) is 4. The Balaban J connectivity index is 2.53. The molecule has 0 spiro atoms. The SMILES string of the molecule is COc1cc2ccc3ccc(C=O)cc3c2c(OC)c1OC. The third-order valence-corrected chi connectivity index (χ3v) is 3.79. The predicted molar refractivity (Wildman–Crippen MR) is 86.5 cm³/mol. The van der Waals surface area contributed by atoms with Gasteiger partial charge in [-0.15, -0.1) is 0 Å². The Morgan fingerprint density at radius 3 is 2.14 bits per heavy atom. The molecule has 3 aromatic rings. The number of methoxy groups -OCH3 is 3. The summed E-state index contributed by atoms with van der Waals surface area (Å²) in [6, 6.07) is 11.5. The minimum absolute atomic E-state index is 0.543. The van der Waals surface area contributed by atoms with E-state index in [4.69, 9.17) is 14.2 Å². The molecule has 0 aliphatic rings. The van der Waals surface area contributed by atoms with E-state index in [9.17, 15) is 4.79 Å². The number of aldehydes is 1. The molecule has 0 fully saturated rings. The van der Waals surface area contributed by atoms with Crippen molar-refractivity contribution in [2.24, 2.45) is 0 Å². The highest BCUT2D eigenvalue weighted by molar-refractivity contribution is 6.13. The summed E-state index contributed by atoms with van der Waals surface area (Å²) in [5, 5.41) is 3.84. The van der Waals surface area contributed by atoms with Crippen LogP contribution in [-0.2, 0) is 0 Å². The van der Waals surface area contributed by atoms with Crippen molar-refractivity contribution in [1.82, 2.24) is 0 Å². The lowest BCUT2D eigenvalue weighted by molar-refractivity contribution is 0.112. The smallest absolute Gasteiger partial charge is 0.203 e. The maximum atomic E-state index is 11.1. The molecule has 4 heteroatoms. The molecule has 0 unspecified atom stereocenters. The third-order valence-electron chi connectivity index (χ3n) is 3.79. The number of carbonyl (C=O) groups is 1. The van der Waals surface area contributed by atoms with Gasteiger partial charge in [-0.2, -0.15) is 0 Å². The van der Waals surface area contributed by atoms with Crippen molar-refractivity contribution in [3.05, 3.63) is 42.0 Å². The summed E-state index contributed by atoms with van der Waals surface area (Å²) in [6.45, 7) is 0. The fourth-order valence-electron chi connectivity index (χ4n) is 2.77. The minimum Gasteiger partial charge on any atom is -0.493 e. The summed E-state index contributed by atoms with van der Waals surface area (Å²) in [5.74, 6) is 1.75. The zero-order chi connectivity index (χ0) is 15.7. The van der Waals surface area contributed by atoms with Crippen molar-refractivity contribution in [3.8, 4) is 17.2 Å². The second kappa shape index (κ2) is 5.56. The summed E-state index contributed by atoms with van der Waals surface area (Å²) >= 11 is 0. The topological polar surface area (TPSA) is 44.8 Å². The fraction of sp³-hybridized carbons (Fsp3) is 0.167. The fourth-order valence-corrected chi connectivity index (χ4v) is 2.77. The van der Waals surface area contributed by atoms with Crippen LogP contribution in [0.3, 0.4) is 0 Å². The molecule has 112 valence electrons. The van der Waals surface area contributed by atoms with Crippen molar-refractivity contribution in [3.63, 3.8) is 0 Å². The molecule has 0 aromatic heterocycles. The zero-order valence-electron chi connectivity index (χ0n) is 12.7. The van der Waals surface area contributed by atoms with E-state index in [1.165, 1.54) is 0 Å². The Morgan fingerprint density at radius 1 is 0.818 bits per heavy atom. The molecule has 0 atom stereocenters. The lowest BCUT2D eigenvalue weighted by Crippen LogP contribution is -1.96. The summed E-state index contributed by atoms with van der Waals surface area (Å²) in [4.78, 5) is 11.1. The largest absolute Gasteiger partial charge is 0.493 e. The number of ether oxygens (including phenoxy) is 3. The first-order chi connectivity index (χ1) is 10.7. The highest BCUT2D eigenvalue weighted by atomic mass is 16.5. The van der Waals surface area contributed by atoms with Gasteiger partial charge in [0.25, 0.3) is 0 Å². The van der Waals surface area contributed by atoms with E-state index in [1.54, 1.807) is 27.4 Å². The molecule has 0 aliphatic heterocycles. The van der Waals surface area contributed by atoms with Crippen molar-refractivity contribution >= 4 is 27.8 Å². The number of benzene rings is 3. The van der Waals surface area contributed by atoms with Crippen molar-refractivity contribution in [1.29, 1.82) is 0 Å². The molecular formula is C18H16O4. The van der Waals surface area contributed by atoms with Gasteiger partial charge in [-0.1, -0.05) is 24.3 Å². The van der Waals surface area contributed by atoms with Crippen molar-refractivity contribution in [2.45, 2.75) is 0 Å². The molecule has 3 aromatic carbocycles. The first kappa shape index (κ1) is 14.2. The average molecular weight is 296 g/mol. The Bertz CT molecular complexity index is 868. The van der Waals surface area contributed by atoms with Crippen molar-refractivity contribution in [2.75, 3.05) is 21.3 Å². The number of hydrogen-bond donors (Lipinski definition) is 0. The number of carbonyl (C=O) groups excluding carboxylic acids is 1. The quantitative estimate of drug-likeness (QED) is 0.542. The second-order valence-electron chi connectivity index (χ2n) is 4.91. The Kier molecular flexibility index (Phi) is 3.59. The molecule has 0 radical (unpaired) electrons. The van der Waals surface area contributed by atoms with E-state index in [0.717, 1.165) is 27.8 Å². The standard InChI is InChI=1S/C18H16O4/c1-20-15-9-13-7-6-12-5-4-11(10-19)8-14(12)16(13)18(22-3)17(15)21-2/h4-10H,1-3H3. The molecule has 3 rings (SSSR count). The third kappa shape index (κ3) is 2.04. The van der Waals surface area contributed by atoms with Crippen LogP contribution < -0.4 is 14.2 Å². The molecule has 0 saturated heterocycles. The van der Waals surface area contributed by atoms with Gasteiger partial charge in [0.2, 0.25) is 5.75 Å². The molecule has 22 heavy (non-hydrogen) atoms. The van der Waals surface area contributed by atoms with E-state index < -0.39 is 0 Å². The molecule has 0 heterocycles. The summed E-state index contributed by atoms with van der Waals surface area (Å²) in [6.07, 6.45) is 0.839. The molecule has 0 amide bonds. The van der Waals surface area contributed by atoms with Crippen molar-refractivity contribution < 1.29 is 19.0 Å². The maximum absolute atomic E-state index is 11.1. The van der Waals surface area contributed by atoms with Gasteiger partial charge in [0.05, 0.1) is 21.3 Å². The van der Waals surface area contributed by atoms with E-state index in [0.29, 0.717) is 22.8 Å². The lowest BCUT2D eigenvalue weighted by Gasteiger charge is -2.16. The van der Waals surface area contributed by atoms with Gasteiger partial charge in [0.1, 0.15) is 6.29 Å². The van der Waals surface area contributed by atoms with Gasteiger partial charge in [-0.05, 0) is 28.3 Å². The monoisotopic (exact) mass is 296 g/mol. The van der Waals surface area contributed by atoms with Crippen LogP contribution in [0.1, 0.15) is 10.4 Å². The van der Waals surface area contributed by atoms with Crippen LogP contribution in [0, 0.1) is 0 Å². The molecule has 0 N–H and O–H groups in total. The second-order valence-corrected chi connectivity index (χ2v) is 4.91. The first-order valence-electron chi connectivity index (χ1n) is 6.84. The van der Waals surface area contributed by atoms with Gasteiger partial charge >= 0.3 is 0 Å². The molecule has 0 saturated carbocycles. The van der Waals surface area contributed by atoms with Gasteiger partial charge in [-0.3, -0.25) is 4.79 Å². The Labute approximate surface area is 128 Å². The molecule has 0 aliphatic carbocycles. The average Bonchev–Trinajstić information content (AvgIpc) is 2.58. The van der Waals surface area contributed by atoms with Gasteiger partial charge in [0, 0.05) is 10.9 Å². The van der Waals surface area contributed by atoms with Crippen LogP contribution >= 0.6 is 0 Å². The van der Waals surface area contributed by atoms with E-state index in [2.05, 4.69) is 0 Å². The Morgan fingerprint density at radius 2 is 1.50 bits per heavy atom. The summed E-state index contributed by atoms with van der Waals surface area (Å²) < 4.78 is 16.4. The summed E-state index contributed by atoms with van der Waals surface area (Å²) in [5.41, 5.74) is 0.622. The number of rotatable bonds is 4. The van der Waals surface area contributed by atoms with Crippen LogP contribution in [-0.4, -0.2) is 27.6 Å². The van der Waals surface area contributed by atoms with Crippen LogP contribution in [0.15, 0.2) is 36.4 Å². The molecule has 0 bridgehead atoms. The zero-order valence-corrected chi connectivity index (χ0v) is 12.7. The summed E-state index contributed by atoms with van der Waals surface area (Å²) in [7, 11) is 4.77. The highest BCUT2D eigenvalue weighted by Gasteiger charge is 2.17. The predicted octanol–water partition coefficient (Wildman–Crippen LogP) is 3.83. The maximum Gasteiger partial charge on any atom is 0.203 e. The van der Waals surface area contributed by atoms with E-state index in [-0.39, 0.29) is 0 Å². The highest BCUT2D eigenvalue weighted by Crippen LogP contribution is 2.45. The van der Waals surface area contributed by atoms with E-state index in [1.807, 2.05) is 30.3 Å². The minimum atomic E-state index is 0.543. The van der Waals surface area contributed by atoms with E-state index >= 15 is 0 Å². The van der Waals surface area contributed by atoms with Gasteiger partial charge in [-0.25, -0.2) is 0 Å². The van der Waals surface area contributed by atoms with Crippen LogP contribution in [0.2, 0.25) is 0 Å². The Hall–Kier alpha value is -2.75. The number of fused-ring (bicyclic) bond motifs is 3. The normalized spacial score (nSPS) is 10.7. The van der Waals surface area contributed by atoms with Gasteiger partial charge < -0.3 is 14.2 Å². The lowest BCUT2D eigenvalue weighted by atomic mass is 9.98. The van der Waals surface area contributed by atoms with Crippen LogP contribution in [0.5, 0.6) is 17.2 Å². The molecular weight excluding hydrogens is 280 g/mol. The van der Waals surface area contributed by atoms with Crippen LogP contribution in [0.4, 0.5) is 0 Å². The van der Waals surface area contributed by atoms with Gasteiger partial charge in [0.15, 0.2) is 11.5 Å². The molecule has 4 nitrogen and oxygen atoms in total.